The van der Waals surface area contributed by atoms with Crippen LogP contribution in [0.5, 0.6) is 17.2 Å². The number of methoxy groups -OCH3 is 2. The first-order valence-electron chi connectivity index (χ1n) is 12.5. The van der Waals surface area contributed by atoms with Crippen molar-refractivity contribution < 1.29 is 37.0 Å². The van der Waals surface area contributed by atoms with E-state index in [2.05, 4.69) is 11.9 Å². The number of rotatable bonds is 10. The van der Waals surface area contributed by atoms with Crippen LogP contribution in [0.25, 0.3) is 6.08 Å². The van der Waals surface area contributed by atoms with Crippen molar-refractivity contribution in [3.05, 3.63) is 96.2 Å². The van der Waals surface area contributed by atoms with E-state index in [1.807, 2.05) is 0 Å². The van der Waals surface area contributed by atoms with Crippen LogP contribution in [-0.2, 0) is 15.8 Å². The highest BCUT2D eigenvalue weighted by Gasteiger charge is 2.38. The molecule has 218 valence electrons. The Morgan fingerprint density at radius 1 is 1.02 bits per heavy atom. The van der Waals surface area contributed by atoms with Crippen LogP contribution in [0.3, 0.4) is 0 Å². The van der Waals surface area contributed by atoms with Crippen LogP contribution in [0.1, 0.15) is 11.1 Å². The van der Waals surface area contributed by atoms with Crippen LogP contribution < -0.4 is 24.4 Å². The van der Waals surface area contributed by atoms with Crippen molar-refractivity contribution in [3.8, 4) is 17.2 Å². The first kappa shape index (κ1) is 30.1. The highest BCUT2D eigenvalue weighted by Crippen LogP contribution is 2.34. The second-order valence-electron chi connectivity index (χ2n) is 8.88. The Hall–Kier alpha value is -4.84. The number of ether oxygens (including phenoxy) is 3. The quantitative estimate of drug-likeness (QED) is 0.177. The molecule has 3 aromatic carbocycles. The van der Waals surface area contributed by atoms with E-state index in [4.69, 9.17) is 26.4 Å². The van der Waals surface area contributed by atoms with Gasteiger partial charge in [0.05, 0.1) is 19.8 Å². The van der Waals surface area contributed by atoms with Gasteiger partial charge in [-0.05, 0) is 78.5 Å². The fourth-order valence-electron chi connectivity index (χ4n) is 4.11. The number of anilines is 2. The lowest BCUT2D eigenvalue weighted by Crippen LogP contribution is -2.32. The Balaban J connectivity index is 1.54. The monoisotopic (exact) mass is 597 g/mol. The molecule has 0 bridgehead atoms. The number of halogens is 3. The summed E-state index contributed by atoms with van der Waals surface area (Å²) in [4.78, 5) is 28.8. The Kier molecular flexibility index (Phi) is 9.16. The Morgan fingerprint density at radius 2 is 1.76 bits per heavy atom. The first-order chi connectivity index (χ1) is 20.0. The zero-order chi connectivity index (χ0) is 30.4. The van der Waals surface area contributed by atoms with Crippen molar-refractivity contribution in [2.24, 2.45) is 0 Å². The number of carbonyl (C=O) groups excluding carboxylic acids is 2. The van der Waals surface area contributed by atoms with Gasteiger partial charge in [-0.3, -0.25) is 19.4 Å². The van der Waals surface area contributed by atoms with Crippen molar-refractivity contribution in [1.82, 2.24) is 4.90 Å². The number of amides is 2. The topological polar surface area (TPSA) is 80.3 Å². The molecule has 0 atom stereocenters. The van der Waals surface area contributed by atoms with E-state index in [1.54, 1.807) is 66.6 Å². The van der Waals surface area contributed by atoms with Crippen LogP contribution in [0, 0.1) is 0 Å². The van der Waals surface area contributed by atoms with Gasteiger partial charge in [0, 0.05) is 17.9 Å². The van der Waals surface area contributed by atoms with Gasteiger partial charge in [0.2, 0.25) is 0 Å². The molecular weight excluding hydrogens is 571 g/mol. The second kappa shape index (κ2) is 12.8. The van der Waals surface area contributed by atoms with E-state index in [0.717, 1.165) is 12.1 Å². The molecule has 1 aliphatic rings. The smallest absolute Gasteiger partial charge is 0.416 e. The summed E-state index contributed by atoms with van der Waals surface area (Å²) in [6, 6.07) is 16.2. The lowest BCUT2D eigenvalue weighted by molar-refractivity contribution is -0.137. The molecule has 42 heavy (non-hydrogen) atoms. The molecule has 1 fully saturated rings. The molecule has 1 aliphatic heterocycles. The van der Waals surface area contributed by atoms with Gasteiger partial charge in [-0.15, -0.1) is 6.58 Å². The van der Waals surface area contributed by atoms with Crippen molar-refractivity contribution in [2.75, 3.05) is 37.6 Å². The van der Waals surface area contributed by atoms with Gasteiger partial charge in [0.15, 0.2) is 23.2 Å². The van der Waals surface area contributed by atoms with E-state index >= 15 is 0 Å². The highest BCUT2D eigenvalue weighted by atomic mass is 32.1. The van der Waals surface area contributed by atoms with E-state index in [-0.39, 0.29) is 34.8 Å². The minimum absolute atomic E-state index is 0.0154. The standard InChI is InChI=1S/C30H26F3N3O5S/c1-4-14-35-28(38)24(36(29(35)42)22-9-11-23(39-2)12-10-22)15-19-8-13-25(26(16-19)40-3)41-18-27(37)34-21-7-5-6-20(17-21)30(31,32)33/h4-13,15-17H,1,14,18H2,2-3H3,(H,34,37)/b24-15+. The van der Waals surface area contributed by atoms with Crippen molar-refractivity contribution >= 4 is 46.6 Å². The van der Waals surface area contributed by atoms with Gasteiger partial charge in [0.25, 0.3) is 11.8 Å². The molecule has 3 aromatic rings. The fourth-order valence-corrected chi connectivity index (χ4v) is 4.47. The summed E-state index contributed by atoms with van der Waals surface area (Å²) in [5.74, 6) is 0.148. The highest BCUT2D eigenvalue weighted by molar-refractivity contribution is 7.80. The summed E-state index contributed by atoms with van der Waals surface area (Å²) in [6.07, 6.45) is -1.31. The summed E-state index contributed by atoms with van der Waals surface area (Å²) in [6.45, 7) is 3.45. The summed E-state index contributed by atoms with van der Waals surface area (Å²) in [5, 5.41) is 2.67. The lowest BCUT2D eigenvalue weighted by atomic mass is 10.1. The zero-order valence-corrected chi connectivity index (χ0v) is 23.4. The summed E-state index contributed by atoms with van der Waals surface area (Å²) in [5.41, 5.74) is 0.636. The molecule has 0 saturated carbocycles. The molecule has 1 saturated heterocycles. The maximum atomic E-state index is 13.3. The van der Waals surface area contributed by atoms with Gasteiger partial charge in [-0.25, -0.2) is 0 Å². The number of nitrogens with zero attached hydrogens (tertiary/aromatic N) is 2. The first-order valence-corrected chi connectivity index (χ1v) is 12.9. The molecule has 0 aromatic heterocycles. The lowest BCUT2D eigenvalue weighted by Gasteiger charge is -2.20. The van der Waals surface area contributed by atoms with Crippen molar-refractivity contribution in [2.45, 2.75) is 6.18 Å². The number of hydrogen-bond donors (Lipinski definition) is 1. The predicted octanol–water partition coefficient (Wildman–Crippen LogP) is 5.90. The molecule has 2 amide bonds. The maximum Gasteiger partial charge on any atom is 0.416 e. The minimum Gasteiger partial charge on any atom is -0.497 e. The predicted molar refractivity (Wildman–Crippen MR) is 157 cm³/mol. The number of benzene rings is 3. The summed E-state index contributed by atoms with van der Waals surface area (Å²) < 4.78 is 55.1. The number of nitrogens with one attached hydrogen (secondary N) is 1. The largest absolute Gasteiger partial charge is 0.497 e. The van der Waals surface area contributed by atoms with Crippen LogP contribution >= 0.6 is 12.2 Å². The number of thiocarbonyl (C=S) groups is 1. The second-order valence-corrected chi connectivity index (χ2v) is 9.24. The molecule has 1 heterocycles. The number of carbonyl (C=O) groups is 2. The van der Waals surface area contributed by atoms with E-state index in [9.17, 15) is 22.8 Å². The summed E-state index contributed by atoms with van der Waals surface area (Å²) >= 11 is 5.61. The third-order valence-electron chi connectivity index (χ3n) is 6.09. The Morgan fingerprint density at radius 3 is 2.40 bits per heavy atom. The van der Waals surface area contributed by atoms with E-state index in [0.29, 0.717) is 22.7 Å². The molecule has 0 unspecified atom stereocenters. The van der Waals surface area contributed by atoms with Crippen LogP contribution in [0.15, 0.2) is 85.1 Å². The SMILES string of the molecule is C=CCN1C(=O)/C(=C\c2ccc(OCC(=O)Nc3cccc(C(F)(F)F)c3)c(OC)c2)N(c2ccc(OC)cc2)C1=S. The number of alkyl halides is 3. The fraction of sp³-hybridized carbons (Fsp3) is 0.167. The maximum absolute atomic E-state index is 13.3. The minimum atomic E-state index is -4.54. The molecule has 0 radical (unpaired) electrons. The normalized spacial score (nSPS) is 14.3. The average Bonchev–Trinajstić information content (AvgIpc) is 3.20. The van der Waals surface area contributed by atoms with Crippen LogP contribution in [-0.4, -0.2) is 49.2 Å². The van der Waals surface area contributed by atoms with E-state index < -0.39 is 24.3 Å². The molecule has 8 nitrogen and oxygen atoms in total. The van der Waals surface area contributed by atoms with Crippen molar-refractivity contribution in [3.63, 3.8) is 0 Å². The molecule has 1 N–H and O–H groups in total. The van der Waals surface area contributed by atoms with Gasteiger partial charge in [0.1, 0.15) is 11.4 Å². The third kappa shape index (κ3) is 6.72. The molecule has 12 heteroatoms. The number of hydrogen-bond acceptors (Lipinski definition) is 6. The van der Waals surface area contributed by atoms with Gasteiger partial charge in [-0.2, -0.15) is 13.2 Å². The van der Waals surface area contributed by atoms with Gasteiger partial charge < -0.3 is 19.5 Å². The summed E-state index contributed by atoms with van der Waals surface area (Å²) in [7, 11) is 2.97. The van der Waals surface area contributed by atoms with E-state index in [1.165, 1.54) is 24.1 Å². The molecular formula is C30H26F3N3O5S. The van der Waals surface area contributed by atoms with Gasteiger partial charge in [-0.1, -0.05) is 18.2 Å². The average molecular weight is 598 g/mol. The molecule has 0 aliphatic carbocycles. The Labute approximate surface area is 245 Å². The Bertz CT molecular complexity index is 1540. The molecule has 4 rings (SSSR count). The molecule has 0 spiro atoms. The van der Waals surface area contributed by atoms with Crippen LogP contribution in [0.4, 0.5) is 24.5 Å². The third-order valence-corrected chi connectivity index (χ3v) is 6.50. The van der Waals surface area contributed by atoms with Gasteiger partial charge >= 0.3 is 6.18 Å². The van der Waals surface area contributed by atoms with Crippen molar-refractivity contribution in [1.29, 1.82) is 0 Å². The zero-order valence-electron chi connectivity index (χ0n) is 22.6. The van der Waals surface area contributed by atoms with Crippen LogP contribution in [0.2, 0.25) is 0 Å².